The first-order valence-electron chi connectivity index (χ1n) is 10.0. The Bertz CT molecular complexity index is 1070. The maximum Gasteiger partial charge on any atom is 0.321 e. The van der Waals surface area contributed by atoms with E-state index in [4.69, 9.17) is 22.1 Å². The molecule has 1 unspecified atom stereocenters. The predicted octanol–water partition coefficient (Wildman–Crippen LogP) is 4.27. The van der Waals surface area contributed by atoms with Crippen LogP contribution in [0, 0.1) is 5.92 Å². The zero-order valence-electron chi connectivity index (χ0n) is 16.7. The molecule has 6 heteroatoms. The lowest BCUT2D eigenvalue weighted by Crippen LogP contribution is -2.43. The largest absolute Gasteiger partial charge is 0.481 e. The molecular formula is C25H22ClNO4. The highest BCUT2D eigenvalue weighted by Gasteiger charge is 2.36. The summed E-state index contributed by atoms with van der Waals surface area (Å²) in [5.41, 5.74) is 11.3. The molecule has 2 atom stereocenters. The van der Waals surface area contributed by atoms with E-state index >= 15 is 0 Å². The molecule has 31 heavy (non-hydrogen) atoms. The number of fused-ring (bicyclic) bond motifs is 3. The lowest BCUT2D eigenvalue weighted by Gasteiger charge is -2.21. The minimum atomic E-state index is -1.46. The van der Waals surface area contributed by atoms with Gasteiger partial charge in [0.15, 0.2) is 5.92 Å². The predicted molar refractivity (Wildman–Crippen MR) is 119 cm³/mol. The van der Waals surface area contributed by atoms with Crippen LogP contribution >= 0.6 is 11.6 Å². The SMILES string of the molecule is NC(Cc1ccc(Cl)cc1)[C@H](C(=O)O)C(=O)OCC1c2ccccc2-c2ccccc21. The van der Waals surface area contributed by atoms with Gasteiger partial charge in [-0.05, 0) is 46.4 Å². The molecule has 3 aromatic carbocycles. The zero-order chi connectivity index (χ0) is 22.0. The molecule has 0 heterocycles. The Morgan fingerprint density at radius 3 is 2.03 bits per heavy atom. The average Bonchev–Trinajstić information content (AvgIpc) is 3.07. The van der Waals surface area contributed by atoms with E-state index in [2.05, 4.69) is 0 Å². The quantitative estimate of drug-likeness (QED) is 0.427. The maximum absolute atomic E-state index is 12.7. The minimum Gasteiger partial charge on any atom is -0.481 e. The standard InChI is InChI=1S/C25H22ClNO4/c26-16-11-9-15(10-12-16)13-22(27)23(24(28)29)25(30)31-14-21-19-7-3-1-5-17(19)18-6-2-4-8-20(18)21/h1-12,21-23H,13-14,27H2,(H,28,29)/t22?,23-/m1/s1. The number of aliphatic carboxylic acids is 1. The van der Waals surface area contributed by atoms with Crippen LogP contribution < -0.4 is 5.73 Å². The van der Waals surface area contributed by atoms with E-state index in [1.807, 2.05) is 48.5 Å². The fraction of sp³-hybridized carbons (Fsp3) is 0.200. The van der Waals surface area contributed by atoms with Gasteiger partial charge in [0, 0.05) is 17.0 Å². The number of carboxylic acid groups (broad SMARTS) is 1. The van der Waals surface area contributed by atoms with E-state index in [0.717, 1.165) is 27.8 Å². The Balaban J connectivity index is 1.49. The molecule has 0 spiro atoms. The fourth-order valence-electron chi connectivity index (χ4n) is 4.16. The number of carbonyl (C=O) groups excluding carboxylic acids is 1. The van der Waals surface area contributed by atoms with E-state index in [1.165, 1.54) is 0 Å². The number of hydrogen-bond donors (Lipinski definition) is 2. The van der Waals surface area contributed by atoms with Gasteiger partial charge in [-0.2, -0.15) is 0 Å². The van der Waals surface area contributed by atoms with E-state index in [0.29, 0.717) is 5.02 Å². The first kappa shape index (κ1) is 21.1. The van der Waals surface area contributed by atoms with Crippen molar-refractivity contribution in [3.8, 4) is 11.1 Å². The number of halogens is 1. The van der Waals surface area contributed by atoms with Gasteiger partial charge in [0.05, 0.1) is 0 Å². The Kier molecular flexibility index (Phi) is 6.07. The molecular weight excluding hydrogens is 414 g/mol. The molecule has 4 rings (SSSR count). The smallest absolute Gasteiger partial charge is 0.321 e. The monoisotopic (exact) mass is 435 g/mol. The van der Waals surface area contributed by atoms with Gasteiger partial charge in [-0.3, -0.25) is 9.59 Å². The summed E-state index contributed by atoms with van der Waals surface area (Å²) in [5, 5.41) is 10.2. The van der Waals surface area contributed by atoms with Crippen LogP contribution in [0.3, 0.4) is 0 Å². The van der Waals surface area contributed by atoms with Gasteiger partial charge in [0.2, 0.25) is 0 Å². The Hall–Kier alpha value is -3.15. The molecule has 0 radical (unpaired) electrons. The average molecular weight is 436 g/mol. The molecule has 0 amide bonds. The fourth-order valence-corrected chi connectivity index (χ4v) is 4.29. The molecule has 1 aliphatic carbocycles. The molecule has 5 nitrogen and oxygen atoms in total. The van der Waals surface area contributed by atoms with Gasteiger partial charge in [-0.1, -0.05) is 72.3 Å². The second-order valence-corrected chi connectivity index (χ2v) is 8.10. The van der Waals surface area contributed by atoms with E-state index < -0.39 is 23.9 Å². The van der Waals surface area contributed by atoms with Crippen LogP contribution in [-0.4, -0.2) is 29.7 Å². The number of nitrogens with two attached hydrogens (primary N) is 1. The van der Waals surface area contributed by atoms with Crippen LogP contribution in [0.2, 0.25) is 5.02 Å². The van der Waals surface area contributed by atoms with E-state index in [9.17, 15) is 14.7 Å². The summed E-state index contributed by atoms with van der Waals surface area (Å²) in [6, 6.07) is 21.9. The first-order valence-corrected chi connectivity index (χ1v) is 10.4. The molecule has 3 N–H and O–H groups in total. The third-order valence-electron chi connectivity index (χ3n) is 5.69. The van der Waals surface area contributed by atoms with Crippen LogP contribution in [0.1, 0.15) is 22.6 Å². The number of benzene rings is 3. The third kappa shape index (κ3) is 4.33. The topological polar surface area (TPSA) is 89.6 Å². The summed E-state index contributed by atoms with van der Waals surface area (Å²) in [5.74, 6) is -3.71. The van der Waals surface area contributed by atoms with Gasteiger partial charge in [0.1, 0.15) is 6.61 Å². The number of hydrogen-bond acceptors (Lipinski definition) is 4. The van der Waals surface area contributed by atoms with Crippen molar-refractivity contribution in [2.45, 2.75) is 18.4 Å². The summed E-state index contributed by atoms with van der Waals surface area (Å²) < 4.78 is 5.52. The molecule has 0 aliphatic heterocycles. The van der Waals surface area contributed by atoms with Crippen LogP contribution in [0.15, 0.2) is 72.8 Å². The highest BCUT2D eigenvalue weighted by Crippen LogP contribution is 2.44. The van der Waals surface area contributed by atoms with Gasteiger partial charge in [0.25, 0.3) is 0 Å². The number of rotatable bonds is 7. The number of carboxylic acids is 1. The molecule has 0 fully saturated rings. The Morgan fingerprint density at radius 1 is 0.935 bits per heavy atom. The normalized spacial score (nSPS) is 14.4. The van der Waals surface area contributed by atoms with E-state index in [1.54, 1.807) is 24.3 Å². The Morgan fingerprint density at radius 2 is 1.48 bits per heavy atom. The van der Waals surface area contributed by atoms with Crippen molar-refractivity contribution >= 4 is 23.5 Å². The van der Waals surface area contributed by atoms with Gasteiger partial charge >= 0.3 is 11.9 Å². The molecule has 158 valence electrons. The summed E-state index contributed by atoms with van der Waals surface area (Å²) in [6.45, 7) is 0.0598. The first-order chi connectivity index (χ1) is 15.0. The highest BCUT2D eigenvalue weighted by molar-refractivity contribution is 6.30. The number of ether oxygens (including phenoxy) is 1. The lowest BCUT2D eigenvalue weighted by molar-refractivity contribution is -0.159. The Labute approximate surface area is 185 Å². The molecule has 0 bridgehead atoms. The molecule has 3 aromatic rings. The minimum absolute atomic E-state index is 0.0598. The summed E-state index contributed by atoms with van der Waals surface area (Å²) in [4.78, 5) is 24.6. The van der Waals surface area contributed by atoms with Crippen LogP contribution in [-0.2, 0) is 20.7 Å². The molecule has 0 saturated heterocycles. The van der Waals surface area contributed by atoms with Crippen LogP contribution in [0.25, 0.3) is 11.1 Å². The zero-order valence-corrected chi connectivity index (χ0v) is 17.5. The van der Waals surface area contributed by atoms with Crippen molar-refractivity contribution in [3.05, 3.63) is 94.5 Å². The third-order valence-corrected chi connectivity index (χ3v) is 5.94. The maximum atomic E-state index is 12.7. The number of esters is 1. The van der Waals surface area contributed by atoms with Gasteiger partial charge < -0.3 is 15.6 Å². The summed E-state index contributed by atoms with van der Waals surface area (Å²) in [6.07, 6.45) is 0.221. The van der Waals surface area contributed by atoms with Crippen LogP contribution in [0.5, 0.6) is 0 Å². The van der Waals surface area contributed by atoms with Crippen molar-refractivity contribution < 1.29 is 19.4 Å². The van der Waals surface area contributed by atoms with E-state index in [-0.39, 0.29) is 18.9 Å². The molecule has 1 aliphatic rings. The molecule has 0 aromatic heterocycles. The van der Waals surface area contributed by atoms with Crippen molar-refractivity contribution in [2.75, 3.05) is 6.61 Å². The summed E-state index contributed by atoms with van der Waals surface area (Å²) >= 11 is 5.89. The lowest BCUT2D eigenvalue weighted by atomic mass is 9.94. The molecule has 0 saturated carbocycles. The highest BCUT2D eigenvalue weighted by atomic mass is 35.5. The summed E-state index contributed by atoms with van der Waals surface area (Å²) in [7, 11) is 0. The van der Waals surface area contributed by atoms with Gasteiger partial charge in [-0.15, -0.1) is 0 Å². The number of carbonyl (C=O) groups is 2. The van der Waals surface area contributed by atoms with Crippen LogP contribution in [0.4, 0.5) is 0 Å². The van der Waals surface area contributed by atoms with Crippen molar-refractivity contribution in [1.82, 2.24) is 0 Å². The second kappa shape index (κ2) is 8.92. The second-order valence-electron chi connectivity index (χ2n) is 7.67. The van der Waals surface area contributed by atoms with Crippen molar-refractivity contribution in [1.29, 1.82) is 0 Å². The van der Waals surface area contributed by atoms with Gasteiger partial charge in [-0.25, -0.2) is 0 Å². The van der Waals surface area contributed by atoms with Crippen molar-refractivity contribution in [2.24, 2.45) is 11.7 Å². The van der Waals surface area contributed by atoms with Crippen molar-refractivity contribution in [3.63, 3.8) is 0 Å².